The lowest BCUT2D eigenvalue weighted by Crippen LogP contribution is -2.19. The fraction of sp³-hybridized carbons (Fsp3) is 0.286. The second kappa shape index (κ2) is 7.95. The van der Waals surface area contributed by atoms with Crippen LogP contribution in [0.3, 0.4) is 0 Å². The van der Waals surface area contributed by atoms with Crippen LogP contribution in [-0.2, 0) is 6.42 Å². The minimum Gasteiger partial charge on any atom is -0.493 e. The van der Waals surface area contributed by atoms with Crippen LogP contribution in [0.15, 0.2) is 49.1 Å². The molecule has 1 aliphatic heterocycles. The van der Waals surface area contributed by atoms with Crippen molar-refractivity contribution < 1.29 is 14.3 Å². The Morgan fingerprint density at radius 2 is 2.12 bits per heavy atom. The van der Waals surface area contributed by atoms with E-state index in [1.165, 1.54) is 11.3 Å². The summed E-state index contributed by atoms with van der Waals surface area (Å²) >= 11 is 0. The molecule has 1 N–H and O–H groups in total. The third-order valence-electron chi connectivity index (χ3n) is 4.50. The van der Waals surface area contributed by atoms with Crippen LogP contribution < -0.4 is 19.7 Å². The Labute approximate surface area is 154 Å². The number of nitrogens with one attached hydrogen (secondary N) is 1. The minimum atomic E-state index is -0.181. The monoisotopic (exact) mass is 352 g/mol. The van der Waals surface area contributed by atoms with E-state index < -0.39 is 0 Å². The number of benzene rings is 2. The molecule has 0 saturated heterocycles. The number of methoxy groups -OCH3 is 1. The third kappa shape index (κ3) is 3.67. The predicted octanol–water partition coefficient (Wildman–Crippen LogP) is 3.89. The molecule has 0 fully saturated rings. The highest BCUT2D eigenvalue weighted by Crippen LogP contribution is 2.31. The normalized spacial score (nSPS) is 12.5. The van der Waals surface area contributed by atoms with Crippen LogP contribution in [0.1, 0.15) is 22.8 Å². The van der Waals surface area contributed by atoms with Crippen LogP contribution in [0, 0.1) is 0 Å². The van der Waals surface area contributed by atoms with E-state index in [-0.39, 0.29) is 5.91 Å². The maximum Gasteiger partial charge on any atom is 0.255 e. The molecule has 1 heterocycles. The molecule has 1 amide bonds. The van der Waals surface area contributed by atoms with Crippen LogP contribution in [-0.4, -0.2) is 32.7 Å². The smallest absolute Gasteiger partial charge is 0.255 e. The predicted molar refractivity (Wildman–Crippen MR) is 105 cm³/mol. The highest BCUT2D eigenvalue weighted by Gasteiger charge is 2.18. The van der Waals surface area contributed by atoms with Gasteiger partial charge in [0.05, 0.1) is 7.11 Å². The van der Waals surface area contributed by atoms with Gasteiger partial charge in [0.1, 0.15) is 6.61 Å². The van der Waals surface area contributed by atoms with Crippen LogP contribution >= 0.6 is 0 Å². The summed E-state index contributed by atoms with van der Waals surface area (Å²) in [5.74, 6) is 0.922. The second-order valence-electron chi connectivity index (χ2n) is 6.09. The Bertz CT molecular complexity index is 817. The minimum absolute atomic E-state index is 0.181. The number of carbonyl (C=O) groups is 1. The van der Waals surface area contributed by atoms with Crippen molar-refractivity contribution in [1.29, 1.82) is 0 Å². The van der Waals surface area contributed by atoms with Crippen molar-refractivity contribution >= 4 is 17.3 Å². The molecule has 0 radical (unpaired) electrons. The first-order valence-corrected chi connectivity index (χ1v) is 8.77. The van der Waals surface area contributed by atoms with E-state index in [1.807, 2.05) is 12.1 Å². The first kappa shape index (κ1) is 17.9. The molecule has 2 aromatic rings. The van der Waals surface area contributed by atoms with Gasteiger partial charge in [0.25, 0.3) is 5.91 Å². The Hall–Kier alpha value is -2.95. The number of ether oxygens (including phenoxy) is 2. The molecular formula is C21H24N2O3. The van der Waals surface area contributed by atoms with Crippen LogP contribution in [0.4, 0.5) is 11.4 Å². The van der Waals surface area contributed by atoms with Crippen LogP contribution in [0.2, 0.25) is 0 Å². The van der Waals surface area contributed by atoms with Gasteiger partial charge in [0, 0.05) is 30.0 Å². The summed E-state index contributed by atoms with van der Waals surface area (Å²) in [5.41, 5.74) is 3.84. The Morgan fingerprint density at radius 1 is 1.27 bits per heavy atom. The Kier molecular flexibility index (Phi) is 5.46. The molecule has 0 aromatic heterocycles. The zero-order valence-electron chi connectivity index (χ0n) is 15.2. The summed E-state index contributed by atoms with van der Waals surface area (Å²) < 4.78 is 10.9. The summed E-state index contributed by atoms with van der Waals surface area (Å²) in [6.45, 7) is 8.15. The maximum atomic E-state index is 12.6. The zero-order valence-corrected chi connectivity index (χ0v) is 15.2. The van der Waals surface area contributed by atoms with Gasteiger partial charge in [-0.2, -0.15) is 0 Å². The third-order valence-corrected chi connectivity index (χ3v) is 4.50. The summed E-state index contributed by atoms with van der Waals surface area (Å²) in [4.78, 5) is 14.9. The highest BCUT2D eigenvalue weighted by molar-refractivity contribution is 6.05. The quantitative estimate of drug-likeness (QED) is 0.768. The van der Waals surface area contributed by atoms with E-state index in [9.17, 15) is 4.79 Å². The van der Waals surface area contributed by atoms with E-state index in [0.29, 0.717) is 23.7 Å². The molecule has 3 rings (SSSR count). The van der Waals surface area contributed by atoms with Crippen molar-refractivity contribution in [2.45, 2.75) is 13.3 Å². The number of fused-ring (bicyclic) bond motifs is 1. The molecule has 1 aliphatic rings. The molecular weight excluding hydrogens is 328 g/mol. The fourth-order valence-corrected chi connectivity index (χ4v) is 3.13. The van der Waals surface area contributed by atoms with Crippen molar-refractivity contribution in [2.24, 2.45) is 0 Å². The summed E-state index contributed by atoms with van der Waals surface area (Å²) in [6.07, 6.45) is 2.72. The summed E-state index contributed by atoms with van der Waals surface area (Å²) in [7, 11) is 1.55. The van der Waals surface area contributed by atoms with Gasteiger partial charge in [0.2, 0.25) is 0 Å². The molecule has 136 valence electrons. The largest absolute Gasteiger partial charge is 0.493 e. The van der Waals surface area contributed by atoms with Crippen molar-refractivity contribution in [3.8, 4) is 11.5 Å². The number of hydrogen-bond acceptors (Lipinski definition) is 4. The molecule has 0 saturated carbocycles. The topological polar surface area (TPSA) is 50.8 Å². The molecule has 0 atom stereocenters. The molecule has 5 heteroatoms. The Balaban J connectivity index is 1.77. The van der Waals surface area contributed by atoms with E-state index in [0.717, 1.165) is 25.2 Å². The van der Waals surface area contributed by atoms with E-state index >= 15 is 0 Å². The van der Waals surface area contributed by atoms with Gasteiger partial charge >= 0.3 is 0 Å². The molecule has 0 bridgehead atoms. The van der Waals surface area contributed by atoms with Gasteiger partial charge in [-0.3, -0.25) is 4.79 Å². The number of rotatable bonds is 7. The van der Waals surface area contributed by atoms with Crippen molar-refractivity contribution in [2.75, 3.05) is 37.0 Å². The lowest BCUT2D eigenvalue weighted by atomic mass is 10.1. The van der Waals surface area contributed by atoms with Gasteiger partial charge in [0.15, 0.2) is 11.5 Å². The molecule has 2 aromatic carbocycles. The first-order chi connectivity index (χ1) is 12.7. The van der Waals surface area contributed by atoms with E-state index in [2.05, 4.69) is 29.8 Å². The van der Waals surface area contributed by atoms with Crippen LogP contribution in [0.25, 0.3) is 0 Å². The highest BCUT2D eigenvalue weighted by atomic mass is 16.5. The van der Waals surface area contributed by atoms with Crippen molar-refractivity contribution in [1.82, 2.24) is 0 Å². The van der Waals surface area contributed by atoms with Gasteiger partial charge in [-0.25, -0.2) is 0 Å². The van der Waals surface area contributed by atoms with Crippen molar-refractivity contribution in [3.63, 3.8) is 0 Å². The number of amides is 1. The van der Waals surface area contributed by atoms with E-state index in [4.69, 9.17) is 9.47 Å². The average Bonchev–Trinajstić information content (AvgIpc) is 3.08. The average molecular weight is 352 g/mol. The summed E-state index contributed by atoms with van der Waals surface area (Å²) in [5, 5.41) is 2.97. The zero-order chi connectivity index (χ0) is 18.5. The molecule has 0 unspecified atom stereocenters. The van der Waals surface area contributed by atoms with Crippen molar-refractivity contribution in [3.05, 3.63) is 60.2 Å². The lowest BCUT2D eigenvalue weighted by Gasteiger charge is -2.17. The molecule has 5 nitrogen and oxygen atoms in total. The fourth-order valence-electron chi connectivity index (χ4n) is 3.13. The second-order valence-corrected chi connectivity index (χ2v) is 6.09. The van der Waals surface area contributed by atoms with Gasteiger partial charge in [-0.05, 0) is 49.2 Å². The standard InChI is InChI=1S/C21H24N2O3/c1-4-12-26-19-9-7-16(13-20(19)25-3)21(24)22-17-8-6-15-10-11-23(5-2)18(15)14-17/h4,6-9,13-14H,1,5,10-12H2,2-3H3,(H,22,24). The molecule has 0 aliphatic carbocycles. The van der Waals surface area contributed by atoms with Gasteiger partial charge in [-0.1, -0.05) is 18.7 Å². The van der Waals surface area contributed by atoms with Gasteiger partial charge in [-0.15, -0.1) is 0 Å². The number of carbonyl (C=O) groups excluding carboxylic acids is 1. The van der Waals surface area contributed by atoms with Crippen LogP contribution in [0.5, 0.6) is 11.5 Å². The lowest BCUT2D eigenvalue weighted by molar-refractivity contribution is 0.102. The SMILES string of the molecule is C=CCOc1ccc(C(=O)Nc2ccc3c(c2)N(CC)CC3)cc1OC. The number of nitrogens with zero attached hydrogens (tertiary/aromatic N) is 1. The molecule has 0 spiro atoms. The van der Waals surface area contributed by atoms with Gasteiger partial charge < -0.3 is 19.7 Å². The number of likely N-dealkylation sites (N-methyl/N-ethyl adjacent to an activating group) is 1. The van der Waals surface area contributed by atoms with E-state index in [1.54, 1.807) is 31.4 Å². The Morgan fingerprint density at radius 3 is 2.85 bits per heavy atom. The summed E-state index contributed by atoms with van der Waals surface area (Å²) in [6, 6.07) is 11.2. The molecule has 26 heavy (non-hydrogen) atoms. The first-order valence-electron chi connectivity index (χ1n) is 8.77. The maximum absolute atomic E-state index is 12.6. The number of hydrogen-bond donors (Lipinski definition) is 1. The number of anilines is 2.